The fraction of sp³-hybridized carbons (Fsp3) is 0.474. The molecule has 0 aliphatic heterocycles. The van der Waals surface area contributed by atoms with Crippen LogP contribution in [-0.4, -0.2) is 16.0 Å². The van der Waals surface area contributed by atoms with E-state index >= 15 is 0 Å². The van der Waals surface area contributed by atoms with Gasteiger partial charge in [-0.2, -0.15) is 23.5 Å². The molecule has 0 radical (unpaired) electrons. The van der Waals surface area contributed by atoms with Gasteiger partial charge in [0.15, 0.2) is 0 Å². The summed E-state index contributed by atoms with van der Waals surface area (Å²) in [5.74, 6) is 0. The summed E-state index contributed by atoms with van der Waals surface area (Å²) in [4.78, 5) is 0. The van der Waals surface area contributed by atoms with Crippen molar-refractivity contribution >= 4 is 0 Å². The molecule has 0 saturated carbocycles. The first-order valence-electron chi connectivity index (χ1n) is 8.29. The normalized spacial score (nSPS) is 12.2. The van der Waals surface area contributed by atoms with Gasteiger partial charge in [0.1, 0.15) is 0 Å². The van der Waals surface area contributed by atoms with E-state index in [0.717, 1.165) is 17.8 Å². The lowest BCUT2D eigenvalue weighted by Gasteiger charge is -2.27. The second kappa shape index (κ2) is 6.91. The Bertz CT molecular complexity index is 795. The van der Waals surface area contributed by atoms with Crippen LogP contribution in [0.3, 0.4) is 0 Å². The van der Waals surface area contributed by atoms with Crippen LogP contribution >= 0.6 is 0 Å². The fourth-order valence-corrected chi connectivity index (χ4v) is 2.73. The Balaban J connectivity index is 2.45. The lowest BCUT2D eigenvalue weighted by molar-refractivity contribution is -0.211. The predicted octanol–water partition coefficient (Wildman–Crippen LogP) is 5.14. The summed E-state index contributed by atoms with van der Waals surface area (Å²) >= 11 is 0. The van der Waals surface area contributed by atoms with Gasteiger partial charge in [0.2, 0.25) is 0 Å². The Morgan fingerprint density at radius 1 is 1.16 bits per heavy atom. The zero-order chi connectivity index (χ0) is 18.8. The van der Waals surface area contributed by atoms with Crippen molar-refractivity contribution in [2.45, 2.75) is 53.3 Å². The quantitative estimate of drug-likeness (QED) is 0.750. The molecule has 0 aliphatic carbocycles. The Morgan fingerprint density at radius 2 is 1.84 bits per heavy atom. The molecule has 0 amide bonds. The third-order valence-electron chi connectivity index (χ3n) is 4.39. The molecule has 0 N–H and O–H groups in total. The van der Waals surface area contributed by atoms with E-state index in [9.17, 15) is 18.4 Å². The van der Waals surface area contributed by atoms with Crippen LogP contribution in [0.25, 0.3) is 11.3 Å². The SMILES string of the molecule is CCc1cc(-c2ccc(CC(C)(C)C(F)(F)F)cc2C#N)n(CC)n1. The van der Waals surface area contributed by atoms with E-state index in [0.29, 0.717) is 23.2 Å². The van der Waals surface area contributed by atoms with Gasteiger partial charge in [-0.3, -0.25) is 4.68 Å². The topological polar surface area (TPSA) is 41.6 Å². The van der Waals surface area contributed by atoms with E-state index in [4.69, 9.17) is 0 Å². The molecule has 25 heavy (non-hydrogen) atoms. The van der Waals surface area contributed by atoms with Crippen LogP contribution in [-0.2, 0) is 19.4 Å². The van der Waals surface area contributed by atoms with E-state index in [1.54, 1.807) is 18.2 Å². The standard InChI is InChI=1S/C19H22F3N3/c1-5-15-10-17(25(6-2)24-15)16-8-7-13(9-14(16)12-23)11-18(3,4)19(20,21)22/h7-10H,5-6,11H2,1-4H3. The second-order valence-electron chi connectivity index (χ2n) is 6.74. The highest BCUT2D eigenvalue weighted by molar-refractivity contribution is 5.68. The zero-order valence-corrected chi connectivity index (χ0v) is 14.9. The van der Waals surface area contributed by atoms with Crippen LogP contribution in [0.4, 0.5) is 13.2 Å². The first-order chi connectivity index (χ1) is 11.6. The van der Waals surface area contributed by atoms with Crippen molar-refractivity contribution in [3.8, 4) is 17.3 Å². The smallest absolute Gasteiger partial charge is 0.265 e. The minimum Gasteiger partial charge on any atom is -0.265 e. The van der Waals surface area contributed by atoms with Gasteiger partial charge in [-0.1, -0.05) is 32.9 Å². The first kappa shape index (κ1) is 19.0. The number of aromatic nitrogens is 2. The van der Waals surface area contributed by atoms with Crippen molar-refractivity contribution in [2.75, 3.05) is 0 Å². The Hall–Kier alpha value is -2.29. The number of rotatable bonds is 5. The average Bonchev–Trinajstić information content (AvgIpc) is 2.96. The van der Waals surface area contributed by atoms with E-state index in [2.05, 4.69) is 11.2 Å². The largest absolute Gasteiger partial charge is 0.394 e. The molecular weight excluding hydrogens is 327 g/mol. The highest BCUT2D eigenvalue weighted by atomic mass is 19.4. The van der Waals surface area contributed by atoms with Crippen LogP contribution < -0.4 is 0 Å². The molecule has 3 nitrogen and oxygen atoms in total. The number of alkyl halides is 3. The molecule has 1 aromatic heterocycles. The third-order valence-corrected chi connectivity index (χ3v) is 4.39. The zero-order valence-electron chi connectivity index (χ0n) is 14.9. The molecule has 0 aliphatic rings. The minimum absolute atomic E-state index is 0.168. The molecule has 2 rings (SSSR count). The molecular formula is C19H22F3N3. The minimum atomic E-state index is -4.30. The summed E-state index contributed by atoms with van der Waals surface area (Å²) in [5.41, 5.74) is 1.46. The molecule has 0 fully saturated rings. The Labute approximate surface area is 146 Å². The predicted molar refractivity (Wildman–Crippen MR) is 91.0 cm³/mol. The number of nitrogens with zero attached hydrogens (tertiary/aromatic N) is 3. The van der Waals surface area contributed by atoms with Gasteiger partial charge in [0.25, 0.3) is 0 Å². The summed E-state index contributed by atoms with van der Waals surface area (Å²) in [6.45, 7) is 6.96. The maximum absolute atomic E-state index is 13.1. The molecule has 0 unspecified atom stereocenters. The molecule has 6 heteroatoms. The van der Waals surface area contributed by atoms with E-state index < -0.39 is 11.6 Å². The monoisotopic (exact) mass is 349 g/mol. The molecule has 134 valence electrons. The van der Waals surface area contributed by atoms with Gasteiger partial charge < -0.3 is 0 Å². The summed E-state index contributed by atoms with van der Waals surface area (Å²) < 4.78 is 41.1. The highest BCUT2D eigenvalue weighted by Crippen LogP contribution is 2.40. The first-order valence-corrected chi connectivity index (χ1v) is 8.29. The molecule has 0 bridgehead atoms. The number of benzene rings is 1. The number of hydrogen-bond acceptors (Lipinski definition) is 2. The van der Waals surface area contributed by atoms with Crippen LogP contribution in [0.5, 0.6) is 0 Å². The maximum atomic E-state index is 13.1. The molecule has 1 heterocycles. The van der Waals surface area contributed by atoms with Gasteiger partial charge in [-0.05, 0) is 37.5 Å². The number of aryl methyl sites for hydroxylation is 2. The summed E-state index contributed by atoms with van der Waals surface area (Å²) in [7, 11) is 0. The van der Waals surface area contributed by atoms with Crippen LogP contribution in [0.2, 0.25) is 0 Å². The molecule has 0 atom stereocenters. The Morgan fingerprint density at radius 3 is 2.36 bits per heavy atom. The highest BCUT2D eigenvalue weighted by Gasteiger charge is 2.47. The van der Waals surface area contributed by atoms with E-state index in [1.165, 1.54) is 13.8 Å². The van der Waals surface area contributed by atoms with Gasteiger partial charge in [-0.25, -0.2) is 0 Å². The van der Waals surface area contributed by atoms with Crippen molar-refractivity contribution in [1.29, 1.82) is 5.26 Å². The van der Waals surface area contributed by atoms with Crippen LogP contribution in [0.15, 0.2) is 24.3 Å². The third kappa shape index (κ3) is 3.87. The fourth-order valence-electron chi connectivity index (χ4n) is 2.73. The van der Waals surface area contributed by atoms with E-state index in [-0.39, 0.29) is 6.42 Å². The van der Waals surface area contributed by atoms with Gasteiger partial charge >= 0.3 is 6.18 Å². The number of nitriles is 1. The Kier molecular flexibility index (Phi) is 5.26. The molecule has 0 spiro atoms. The molecule has 0 saturated heterocycles. The van der Waals surface area contributed by atoms with Gasteiger partial charge in [0, 0.05) is 12.1 Å². The summed E-state index contributed by atoms with van der Waals surface area (Å²) in [5, 5.41) is 14.0. The van der Waals surface area contributed by atoms with Crippen molar-refractivity contribution < 1.29 is 13.2 Å². The van der Waals surface area contributed by atoms with Crippen molar-refractivity contribution in [3.63, 3.8) is 0 Å². The van der Waals surface area contributed by atoms with E-state index in [1.807, 2.05) is 24.6 Å². The van der Waals surface area contributed by atoms with Gasteiger partial charge in [-0.15, -0.1) is 0 Å². The van der Waals surface area contributed by atoms with Crippen molar-refractivity contribution in [1.82, 2.24) is 9.78 Å². The number of hydrogen-bond donors (Lipinski definition) is 0. The summed E-state index contributed by atoms with van der Waals surface area (Å²) in [6, 6.07) is 9.00. The van der Waals surface area contributed by atoms with Crippen LogP contribution in [0.1, 0.15) is 44.5 Å². The molecule has 1 aromatic carbocycles. The van der Waals surface area contributed by atoms with Gasteiger partial charge in [0.05, 0.1) is 28.4 Å². The maximum Gasteiger partial charge on any atom is 0.394 e. The lowest BCUT2D eigenvalue weighted by Crippen LogP contribution is -2.34. The average molecular weight is 349 g/mol. The summed E-state index contributed by atoms with van der Waals surface area (Å²) in [6.07, 6.45) is -3.69. The number of halogens is 3. The van der Waals surface area contributed by atoms with Crippen molar-refractivity contribution in [3.05, 3.63) is 41.1 Å². The molecule has 2 aromatic rings. The lowest BCUT2D eigenvalue weighted by atomic mass is 9.84. The van der Waals surface area contributed by atoms with Crippen molar-refractivity contribution in [2.24, 2.45) is 5.41 Å². The second-order valence-corrected chi connectivity index (χ2v) is 6.74. The van der Waals surface area contributed by atoms with Crippen LogP contribution in [0, 0.1) is 16.7 Å².